The number of amides is 1. The molecule has 2 unspecified atom stereocenters. The first-order valence-electron chi connectivity index (χ1n) is 20.2. The maximum Gasteiger partial charge on any atom is 0.310 e. The van der Waals surface area contributed by atoms with Crippen molar-refractivity contribution in [2.24, 2.45) is 40.4 Å². The lowest BCUT2D eigenvalue weighted by Crippen LogP contribution is -2.61. The summed E-state index contributed by atoms with van der Waals surface area (Å²) in [6.07, 6.45) is 10.6. The van der Waals surface area contributed by atoms with E-state index in [0.29, 0.717) is 17.7 Å². The number of esters is 2. The average Bonchev–Trinajstić information content (AvgIpc) is 3.95. The zero-order chi connectivity index (χ0) is 41.1. The molecule has 3 aromatic rings. The lowest BCUT2D eigenvalue weighted by Gasteiger charge is -2.59. The highest BCUT2D eigenvalue weighted by Gasteiger charge is 2.68. The highest BCUT2D eigenvalue weighted by atomic mass is 16.5. The molecule has 4 fully saturated rings. The summed E-state index contributed by atoms with van der Waals surface area (Å²) < 4.78 is 11.0. The smallest absolute Gasteiger partial charge is 0.310 e. The molecule has 0 radical (unpaired) electrons. The number of nitrogens with one attached hydrogen (secondary N) is 1. The highest BCUT2D eigenvalue weighted by molar-refractivity contribution is 6.01. The standard InChI is InChI=1S/C46H51N3O9/c1-44-16-13-32(50)20-30(44)10-12-33-36-14-17-46(56,45(36,2)22-37(51)39(33)44)38(52)25-58-43(55)35-21-34(35)42(54)57-24-26-5-7-27(8-6-26)40(49(3)4)41(53)48-31-11-9-29-23-47-18-15-28(29)19-31/h5-9,11,13,15-16,18-20,23,33-37,39-40,51,56H,10,12,14,17,21-22,24-25H2,1-4H3,(H,48,53)/t33-,34?,35?,36-,37-,39+,40+,44-,45-,46-/m0/s1. The Balaban J connectivity index is 0.822. The number of carbonyl (C=O) groups excluding carboxylic acids is 5. The molecular weight excluding hydrogens is 739 g/mol. The van der Waals surface area contributed by atoms with Crippen molar-refractivity contribution in [1.82, 2.24) is 9.88 Å². The predicted molar refractivity (Wildman–Crippen MR) is 214 cm³/mol. The second-order valence-electron chi connectivity index (χ2n) is 17.7. The van der Waals surface area contributed by atoms with Crippen molar-refractivity contribution in [3.05, 3.63) is 95.9 Å². The number of allylic oxidation sites excluding steroid dienone is 4. The number of aromatic nitrogens is 1. The molecule has 0 aliphatic heterocycles. The van der Waals surface area contributed by atoms with Crippen LogP contribution >= 0.6 is 0 Å². The fraction of sp³-hybridized carbons (Fsp3) is 0.478. The first-order chi connectivity index (χ1) is 27.6. The molecule has 12 heteroatoms. The molecule has 0 bridgehead atoms. The Morgan fingerprint density at radius 3 is 2.47 bits per heavy atom. The Labute approximate surface area is 337 Å². The van der Waals surface area contributed by atoms with Gasteiger partial charge < -0.3 is 25.0 Å². The molecule has 8 rings (SSSR count). The monoisotopic (exact) mass is 789 g/mol. The summed E-state index contributed by atoms with van der Waals surface area (Å²) in [5.41, 5.74) is 0.0263. The van der Waals surface area contributed by atoms with Crippen LogP contribution in [0, 0.1) is 40.4 Å². The van der Waals surface area contributed by atoms with Gasteiger partial charge in [0.25, 0.3) is 0 Å². The van der Waals surface area contributed by atoms with E-state index in [-0.39, 0.29) is 55.3 Å². The summed E-state index contributed by atoms with van der Waals surface area (Å²) in [5, 5.41) is 28.6. The second-order valence-corrected chi connectivity index (χ2v) is 17.7. The molecule has 2 aromatic carbocycles. The van der Waals surface area contributed by atoms with E-state index in [1.165, 1.54) is 0 Å². The van der Waals surface area contributed by atoms with Crippen LogP contribution < -0.4 is 5.32 Å². The Kier molecular flexibility index (Phi) is 10.3. The van der Waals surface area contributed by atoms with Crippen LogP contribution in [0.2, 0.25) is 0 Å². The van der Waals surface area contributed by atoms with Gasteiger partial charge in [-0.3, -0.25) is 33.9 Å². The van der Waals surface area contributed by atoms with E-state index in [0.717, 1.165) is 34.8 Å². The van der Waals surface area contributed by atoms with E-state index < -0.39 is 64.7 Å². The fourth-order valence-electron chi connectivity index (χ4n) is 11.0. The van der Waals surface area contributed by atoms with Crippen molar-refractivity contribution < 1.29 is 43.7 Å². The molecule has 304 valence electrons. The summed E-state index contributed by atoms with van der Waals surface area (Å²) >= 11 is 0. The molecule has 0 spiro atoms. The number of ether oxygens (including phenoxy) is 2. The predicted octanol–water partition coefficient (Wildman–Crippen LogP) is 5.28. The van der Waals surface area contributed by atoms with Crippen molar-refractivity contribution in [3.8, 4) is 0 Å². The van der Waals surface area contributed by atoms with Gasteiger partial charge >= 0.3 is 11.9 Å². The molecule has 58 heavy (non-hydrogen) atoms. The van der Waals surface area contributed by atoms with Crippen molar-refractivity contribution in [3.63, 3.8) is 0 Å². The van der Waals surface area contributed by atoms with Crippen LogP contribution in [0.15, 0.2) is 84.7 Å². The van der Waals surface area contributed by atoms with Crippen LogP contribution in [-0.2, 0) is 40.1 Å². The zero-order valence-electron chi connectivity index (χ0n) is 33.4. The van der Waals surface area contributed by atoms with Crippen LogP contribution in [0.5, 0.6) is 0 Å². The van der Waals surface area contributed by atoms with Gasteiger partial charge in [0.15, 0.2) is 12.4 Å². The number of ketones is 2. The van der Waals surface area contributed by atoms with Crippen molar-refractivity contribution in [2.75, 3.05) is 26.0 Å². The molecule has 1 aromatic heterocycles. The number of pyridine rings is 1. The summed E-state index contributed by atoms with van der Waals surface area (Å²) in [6.45, 7) is 3.31. The van der Waals surface area contributed by atoms with E-state index >= 15 is 0 Å². The van der Waals surface area contributed by atoms with E-state index in [2.05, 4.69) is 17.2 Å². The average molecular weight is 790 g/mol. The van der Waals surface area contributed by atoms with Crippen molar-refractivity contribution in [2.45, 2.75) is 76.7 Å². The van der Waals surface area contributed by atoms with Gasteiger partial charge in [-0.15, -0.1) is 0 Å². The Morgan fingerprint density at radius 2 is 1.72 bits per heavy atom. The molecule has 1 amide bonds. The number of hydrogen-bond acceptors (Lipinski definition) is 11. The number of fused-ring (bicyclic) bond motifs is 6. The normalized spacial score (nSPS) is 32.7. The van der Waals surface area contributed by atoms with E-state index in [4.69, 9.17) is 9.47 Å². The number of likely N-dealkylation sites (N-methyl/N-ethyl adjacent to an activating group) is 1. The van der Waals surface area contributed by atoms with Crippen LogP contribution in [0.4, 0.5) is 5.69 Å². The van der Waals surface area contributed by atoms with Crippen molar-refractivity contribution in [1.29, 1.82) is 0 Å². The number of nitrogens with zero attached hydrogens (tertiary/aromatic N) is 2. The maximum atomic E-state index is 13.7. The molecule has 3 N–H and O–H groups in total. The SMILES string of the molecule is CN(C)[C@@H](C(=O)Nc1ccc2cnccc2c1)c1ccc(COC(=O)C2CC2C(=O)OCC(=O)[C@@]2(O)CC[C@H]3[C@@H]4CCC5=CC(=O)C=C[C@]5(C)[C@H]4[C@@H](O)C[C@@]32C)cc1. The quantitative estimate of drug-likeness (QED) is 0.216. The molecular formula is C46H51N3O9. The molecule has 5 aliphatic carbocycles. The Morgan fingerprint density at radius 1 is 0.983 bits per heavy atom. The summed E-state index contributed by atoms with van der Waals surface area (Å²) in [4.78, 5) is 71.1. The lowest BCUT2D eigenvalue weighted by atomic mass is 9.46. The summed E-state index contributed by atoms with van der Waals surface area (Å²) in [6, 6.07) is 14.2. The lowest BCUT2D eigenvalue weighted by molar-refractivity contribution is -0.181. The minimum Gasteiger partial charge on any atom is -0.461 e. The third-order valence-corrected chi connectivity index (χ3v) is 14.2. The fourth-order valence-corrected chi connectivity index (χ4v) is 11.0. The van der Waals surface area contributed by atoms with E-state index in [9.17, 15) is 34.2 Å². The van der Waals surface area contributed by atoms with Gasteiger partial charge in [-0.2, -0.15) is 0 Å². The van der Waals surface area contributed by atoms with Crippen LogP contribution in [0.1, 0.15) is 69.5 Å². The molecule has 5 aliphatic rings. The number of aliphatic hydroxyl groups excluding tert-OH is 1. The third-order valence-electron chi connectivity index (χ3n) is 14.2. The minimum absolute atomic E-state index is 0.0215. The number of Topliss-reactive ketones (excluding diaryl/α,β-unsaturated/α-hetero) is 1. The molecule has 10 atom stereocenters. The number of carbonyl (C=O) groups is 5. The van der Waals surface area contributed by atoms with E-state index in [1.54, 1.807) is 36.7 Å². The summed E-state index contributed by atoms with van der Waals surface area (Å²) in [5.74, 6) is -3.58. The van der Waals surface area contributed by atoms with Crippen LogP contribution in [0.25, 0.3) is 10.8 Å². The van der Waals surface area contributed by atoms with E-state index in [1.807, 2.05) is 68.4 Å². The van der Waals surface area contributed by atoms with Gasteiger partial charge in [0.2, 0.25) is 11.7 Å². The first-order valence-corrected chi connectivity index (χ1v) is 20.2. The largest absolute Gasteiger partial charge is 0.461 e. The second kappa shape index (κ2) is 15.0. The molecule has 1 heterocycles. The number of aliphatic hydroxyl groups is 2. The van der Waals surface area contributed by atoms with Gasteiger partial charge in [0, 0.05) is 40.2 Å². The van der Waals surface area contributed by atoms with Gasteiger partial charge in [0.05, 0.1) is 17.9 Å². The number of hydrogen-bond donors (Lipinski definition) is 3. The number of anilines is 1. The van der Waals surface area contributed by atoms with Crippen LogP contribution in [-0.4, -0.2) is 81.9 Å². The van der Waals surface area contributed by atoms with Crippen molar-refractivity contribution >= 4 is 45.9 Å². The van der Waals surface area contributed by atoms with Crippen LogP contribution in [0.3, 0.4) is 0 Å². The molecule has 0 saturated heterocycles. The van der Waals surface area contributed by atoms with Gasteiger partial charge in [-0.05, 0) is 111 Å². The van der Waals surface area contributed by atoms with Gasteiger partial charge in [-0.1, -0.05) is 55.8 Å². The topological polar surface area (TPSA) is 172 Å². The Bertz CT molecular complexity index is 2230. The summed E-state index contributed by atoms with van der Waals surface area (Å²) in [7, 11) is 3.65. The number of rotatable bonds is 11. The van der Waals surface area contributed by atoms with Gasteiger partial charge in [-0.25, -0.2) is 0 Å². The first kappa shape index (κ1) is 39.8. The third kappa shape index (κ3) is 6.88. The highest BCUT2D eigenvalue weighted by Crippen LogP contribution is 2.67. The minimum atomic E-state index is -1.78. The number of benzene rings is 2. The Hall–Kier alpha value is -5.04. The maximum absolute atomic E-state index is 13.7. The zero-order valence-corrected chi connectivity index (χ0v) is 33.4. The molecule has 4 saturated carbocycles. The van der Waals surface area contributed by atoms with Gasteiger partial charge in [0.1, 0.15) is 18.2 Å². The molecule has 12 nitrogen and oxygen atoms in total.